The van der Waals surface area contributed by atoms with Crippen LogP contribution in [0.1, 0.15) is 22.2 Å². The van der Waals surface area contributed by atoms with Gasteiger partial charge in [-0.25, -0.2) is 4.98 Å². The highest BCUT2D eigenvalue weighted by atomic mass is 35.5. The molecule has 0 spiro atoms. The highest BCUT2D eigenvalue weighted by Gasteiger charge is 2.44. The summed E-state index contributed by atoms with van der Waals surface area (Å²) in [6, 6.07) is 7.29. The van der Waals surface area contributed by atoms with Gasteiger partial charge in [-0.05, 0) is 29.1 Å². The standard InChI is InChI=1S/C20H19Cl2NO5S2/c21-11-6-12(22)10(20-19(27)18(26)17(25)13(8-24)28-20)4-9(11)5-16-23-7-15(30-16)14-2-1-3-29-14/h1-4,6-7,13,17-20,24-27H,5,8H2/t13-,17-,18+,19-,20+/m1/s1. The normalized spacial score (nSPS) is 26.8. The third kappa shape index (κ3) is 4.29. The van der Waals surface area contributed by atoms with E-state index >= 15 is 0 Å². The third-order valence-electron chi connectivity index (χ3n) is 5.02. The second-order valence-electron chi connectivity index (χ2n) is 6.99. The lowest BCUT2D eigenvalue weighted by Crippen LogP contribution is -2.55. The smallest absolute Gasteiger partial charge is 0.113 e. The number of rotatable bonds is 5. The van der Waals surface area contributed by atoms with Crippen LogP contribution in [-0.4, -0.2) is 56.4 Å². The molecule has 1 aliphatic heterocycles. The quantitative estimate of drug-likeness (QED) is 0.440. The first-order valence-corrected chi connectivity index (χ1v) is 11.6. The number of ether oxygens (including phenoxy) is 1. The molecule has 5 atom stereocenters. The summed E-state index contributed by atoms with van der Waals surface area (Å²) in [6.07, 6.45) is -4.09. The third-order valence-corrected chi connectivity index (χ3v) is 7.77. The second-order valence-corrected chi connectivity index (χ2v) is 9.86. The molecular weight excluding hydrogens is 469 g/mol. The van der Waals surface area contributed by atoms with Gasteiger partial charge in [0, 0.05) is 33.1 Å². The molecule has 0 radical (unpaired) electrons. The highest BCUT2D eigenvalue weighted by Crippen LogP contribution is 2.39. The van der Waals surface area contributed by atoms with Gasteiger partial charge in [-0.1, -0.05) is 29.3 Å². The molecular formula is C20H19Cl2NO5S2. The summed E-state index contributed by atoms with van der Waals surface area (Å²) < 4.78 is 5.65. The fraction of sp³-hybridized carbons (Fsp3) is 0.350. The zero-order valence-corrected chi connectivity index (χ0v) is 18.6. The van der Waals surface area contributed by atoms with E-state index in [1.54, 1.807) is 34.8 Å². The molecule has 4 rings (SSSR count). The van der Waals surface area contributed by atoms with Crippen molar-refractivity contribution < 1.29 is 25.2 Å². The summed E-state index contributed by atoms with van der Waals surface area (Å²) in [5.41, 5.74) is 1.16. The van der Waals surface area contributed by atoms with Crippen LogP contribution >= 0.6 is 45.9 Å². The molecule has 0 unspecified atom stereocenters. The van der Waals surface area contributed by atoms with Crippen molar-refractivity contribution in [1.82, 2.24) is 4.98 Å². The van der Waals surface area contributed by atoms with Crippen LogP contribution in [0.3, 0.4) is 0 Å². The SMILES string of the molecule is OC[C@H]1O[C@@H](c2cc(Cc3ncc(-c4cccs4)s3)c(Cl)cc2Cl)[C@H](O)[C@@H](O)[C@@H]1O. The number of aliphatic hydroxyl groups is 4. The lowest BCUT2D eigenvalue weighted by atomic mass is 9.90. The maximum Gasteiger partial charge on any atom is 0.113 e. The largest absolute Gasteiger partial charge is 0.394 e. The molecule has 10 heteroatoms. The summed E-state index contributed by atoms with van der Waals surface area (Å²) in [5, 5.41) is 43.6. The second kappa shape index (κ2) is 9.20. The van der Waals surface area contributed by atoms with Crippen LogP contribution in [0.15, 0.2) is 35.8 Å². The average Bonchev–Trinajstić information content (AvgIpc) is 3.41. The van der Waals surface area contributed by atoms with E-state index in [1.807, 2.05) is 23.7 Å². The number of halogens is 2. The Bertz CT molecular complexity index is 1010. The van der Waals surface area contributed by atoms with Gasteiger partial charge in [0.1, 0.15) is 30.5 Å². The summed E-state index contributed by atoms with van der Waals surface area (Å²) in [7, 11) is 0. The minimum Gasteiger partial charge on any atom is -0.394 e. The van der Waals surface area contributed by atoms with E-state index in [0.717, 1.165) is 20.3 Å². The highest BCUT2D eigenvalue weighted by molar-refractivity contribution is 7.21. The van der Waals surface area contributed by atoms with Crippen LogP contribution in [0.4, 0.5) is 0 Å². The number of thiophene rings is 1. The van der Waals surface area contributed by atoms with Crippen LogP contribution < -0.4 is 0 Å². The fourth-order valence-electron chi connectivity index (χ4n) is 3.41. The van der Waals surface area contributed by atoms with Crippen molar-refractivity contribution in [3.63, 3.8) is 0 Å². The topological polar surface area (TPSA) is 103 Å². The number of nitrogens with zero attached hydrogens (tertiary/aromatic N) is 1. The molecule has 160 valence electrons. The number of hydrogen-bond acceptors (Lipinski definition) is 8. The van der Waals surface area contributed by atoms with Gasteiger partial charge in [-0.2, -0.15) is 0 Å². The van der Waals surface area contributed by atoms with Crippen LogP contribution in [0.2, 0.25) is 10.0 Å². The molecule has 1 aromatic carbocycles. The van der Waals surface area contributed by atoms with Gasteiger partial charge >= 0.3 is 0 Å². The van der Waals surface area contributed by atoms with E-state index < -0.39 is 37.1 Å². The van der Waals surface area contributed by atoms with Gasteiger partial charge in [0.15, 0.2) is 0 Å². The first kappa shape index (κ1) is 22.1. The molecule has 1 fully saturated rings. The summed E-state index contributed by atoms with van der Waals surface area (Å²) in [6.45, 7) is -0.510. The molecule has 30 heavy (non-hydrogen) atoms. The minimum absolute atomic E-state index is 0.256. The Morgan fingerprint density at radius 3 is 2.53 bits per heavy atom. The Morgan fingerprint density at radius 1 is 1.03 bits per heavy atom. The Balaban J connectivity index is 1.63. The maximum absolute atomic E-state index is 10.4. The van der Waals surface area contributed by atoms with Crippen molar-refractivity contribution in [2.45, 2.75) is 36.9 Å². The number of aliphatic hydroxyl groups excluding tert-OH is 4. The molecule has 3 aromatic rings. The lowest BCUT2D eigenvalue weighted by Gasteiger charge is -2.40. The Labute approximate surface area is 190 Å². The molecule has 0 bridgehead atoms. The number of hydrogen-bond donors (Lipinski definition) is 4. The van der Waals surface area contributed by atoms with Crippen LogP contribution in [0, 0.1) is 0 Å². The predicted molar refractivity (Wildman–Crippen MR) is 117 cm³/mol. The Hall–Kier alpha value is -1.07. The van der Waals surface area contributed by atoms with E-state index in [9.17, 15) is 20.4 Å². The lowest BCUT2D eigenvalue weighted by molar-refractivity contribution is -0.231. The maximum atomic E-state index is 10.4. The van der Waals surface area contributed by atoms with E-state index in [1.165, 1.54) is 0 Å². The molecule has 6 nitrogen and oxygen atoms in total. The monoisotopic (exact) mass is 487 g/mol. The van der Waals surface area contributed by atoms with Gasteiger partial charge in [-0.3, -0.25) is 0 Å². The van der Waals surface area contributed by atoms with E-state index in [2.05, 4.69) is 4.98 Å². The first-order chi connectivity index (χ1) is 14.4. The number of benzene rings is 1. The minimum atomic E-state index is -1.48. The molecule has 1 aliphatic rings. The summed E-state index contributed by atoms with van der Waals surface area (Å²) >= 11 is 16.0. The number of aromatic nitrogens is 1. The van der Waals surface area contributed by atoms with Gasteiger partial charge in [0.05, 0.1) is 16.5 Å². The predicted octanol–water partition coefficient (Wildman–Crippen LogP) is 3.28. The number of thiazole rings is 1. The summed E-state index contributed by atoms with van der Waals surface area (Å²) in [4.78, 5) is 6.69. The van der Waals surface area contributed by atoms with E-state index in [0.29, 0.717) is 17.0 Å². The molecule has 0 aliphatic carbocycles. The van der Waals surface area contributed by atoms with Gasteiger partial charge in [0.25, 0.3) is 0 Å². The van der Waals surface area contributed by atoms with E-state index in [4.69, 9.17) is 27.9 Å². The van der Waals surface area contributed by atoms with Crippen molar-refractivity contribution in [2.24, 2.45) is 0 Å². The van der Waals surface area contributed by atoms with E-state index in [-0.39, 0.29) is 5.02 Å². The van der Waals surface area contributed by atoms with Crippen molar-refractivity contribution in [3.05, 3.63) is 62.0 Å². The Kier molecular flexibility index (Phi) is 6.79. The first-order valence-electron chi connectivity index (χ1n) is 9.16. The zero-order chi connectivity index (χ0) is 21.4. The molecule has 2 aromatic heterocycles. The molecule has 0 saturated carbocycles. The summed E-state index contributed by atoms with van der Waals surface area (Å²) in [5.74, 6) is 0. The molecule has 0 amide bonds. The van der Waals surface area contributed by atoms with Crippen molar-refractivity contribution in [1.29, 1.82) is 0 Å². The Morgan fingerprint density at radius 2 is 1.83 bits per heavy atom. The fourth-order valence-corrected chi connectivity index (χ4v) is 5.73. The van der Waals surface area contributed by atoms with Gasteiger partial charge in [0.2, 0.25) is 0 Å². The van der Waals surface area contributed by atoms with Crippen LogP contribution in [0.25, 0.3) is 9.75 Å². The average molecular weight is 488 g/mol. The van der Waals surface area contributed by atoms with Crippen molar-refractivity contribution >= 4 is 45.9 Å². The van der Waals surface area contributed by atoms with Gasteiger partial charge in [-0.15, -0.1) is 22.7 Å². The molecule has 1 saturated heterocycles. The molecule has 4 N–H and O–H groups in total. The van der Waals surface area contributed by atoms with Crippen LogP contribution in [0.5, 0.6) is 0 Å². The van der Waals surface area contributed by atoms with Crippen LogP contribution in [-0.2, 0) is 11.2 Å². The van der Waals surface area contributed by atoms with Crippen molar-refractivity contribution in [3.8, 4) is 9.75 Å². The zero-order valence-electron chi connectivity index (χ0n) is 15.5. The molecule has 3 heterocycles. The van der Waals surface area contributed by atoms with Crippen molar-refractivity contribution in [2.75, 3.05) is 6.61 Å². The van der Waals surface area contributed by atoms with Gasteiger partial charge < -0.3 is 25.2 Å².